The normalized spacial score (nSPS) is 16.5. The molecule has 1 heterocycles. The molecule has 0 saturated carbocycles. The molecule has 0 aromatic heterocycles. The van der Waals surface area contributed by atoms with Crippen LogP contribution < -0.4 is 10.6 Å². The summed E-state index contributed by atoms with van der Waals surface area (Å²) in [5.74, 6) is -0.0267. The maximum Gasteiger partial charge on any atom is 0.255 e. The molecule has 5 nitrogen and oxygen atoms in total. The molecule has 104 valence electrons. The lowest BCUT2D eigenvalue weighted by molar-refractivity contribution is 0.0828. The predicted octanol–water partition coefficient (Wildman–Crippen LogP) is 0.932. The van der Waals surface area contributed by atoms with Crippen molar-refractivity contribution in [2.75, 3.05) is 37.8 Å². The van der Waals surface area contributed by atoms with Crippen LogP contribution in [0.25, 0.3) is 0 Å². The molecule has 0 atom stereocenters. The van der Waals surface area contributed by atoms with Gasteiger partial charge in [0.2, 0.25) is 0 Å². The van der Waals surface area contributed by atoms with E-state index in [4.69, 9.17) is 5.73 Å². The van der Waals surface area contributed by atoms with E-state index in [2.05, 4.69) is 4.90 Å². The van der Waals surface area contributed by atoms with Gasteiger partial charge in [-0.3, -0.25) is 4.79 Å². The minimum Gasteiger partial charge on any atom is -0.399 e. The van der Waals surface area contributed by atoms with Gasteiger partial charge in [0.15, 0.2) is 0 Å². The Balaban J connectivity index is 2.32. The first-order valence-electron chi connectivity index (χ1n) is 6.53. The van der Waals surface area contributed by atoms with Gasteiger partial charge < -0.3 is 20.6 Å². The molecule has 1 fully saturated rings. The van der Waals surface area contributed by atoms with Gasteiger partial charge in [-0.15, -0.1) is 0 Å². The van der Waals surface area contributed by atoms with Crippen molar-refractivity contribution >= 4 is 17.3 Å². The molecule has 0 spiro atoms. The number of aliphatic hydroxyl groups is 1. The summed E-state index contributed by atoms with van der Waals surface area (Å²) < 4.78 is 0. The van der Waals surface area contributed by atoms with Crippen LogP contribution in [0.1, 0.15) is 23.2 Å². The van der Waals surface area contributed by atoms with E-state index in [1.807, 2.05) is 6.07 Å². The van der Waals surface area contributed by atoms with Crippen LogP contribution in [0.4, 0.5) is 11.4 Å². The quantitative estimate of drug-likeness (QED) is 0.779. The molecule has 2 rings (SSSR count). The zero-order chi connectivity index (χ0) is 14.0. The molecule has 1 amide bonds. The lowest BCUT2D eigenvalue weighted by atomic mass is 10.0. The molecule has 0 bridgehead atoms. The van der Waals surface area contributed by atoms with Crippen LogP contribution in [0, 0.1) is 0 Å². The summed E-state index contributed by atoms with van der Waals surface area (Å²) in [6, 6.07) is 5.37. The molecule has 5 heteroatoms. The number of nitrogen functional groups attached to an aromatic ring is 1. The van der Waals surface area contributed by atoms with E-state index >= 15 is 0 Å². The Hall–Kier alpha value is -1.75. The Morgan fingerprint density at radius 1 is 1.37 bits per heavy atom. The molecule has 1 aliphatic heterocycles. The number of carbonyl (C=O) groups is 1. The number of amides is 1. The van der Waals surface area contributed by atoms with Crippen molar-refractivity contribution in [3.05, 3.63) is 23.8 Å². The third-order valence-corrected chi connectivity index (χ3v) is 3.46. The average molecular weight is 263 g/mol. The molecule has 0 unspecified atom stereocenters. The minimum atomic E-state index is -0.231. The SMILES string of the molecule is CN(C)C(=O)c1ccc(N)cc1N1CCC(O)CC1. The monoisotopic (exact) mass is 263 g/mol. The van der Waals surface area contributed by atoms with Crippen molar-refractivity contribution in [1.82, 2.24) is 4.90 Å². The van der Waals surface area contributed by atoms with Gasteiger partial charge in [0.05, 0.1) is 17.4 Å². The van der Waals surface area contributed by atoms with E-state index in [1.165, 1.54) is 0 Å². The number of nitrogens with two attached hydrogens (primary N) is 1. The predicted molar refractivity (Wildman–Crippen MR) is 76.3 cm³/mol. The van der Waals surface area contributed by atoms with Crippen LogP contribution >= 0.6 is 0 Å². The number of aliphatic hydroxyl groups excluding tert-OH is 1. The second-order valence-electron chi connectivity index (χ2n) is 5.19. The second-order valence-corrected chi connectivity index (χ2v) is 5.19. The highest BCUT2D eigenvalue weighted by atomic mass is 16.3. The third-order valence-electron chi connectivity index (χ3n) is 3.46. The van der Waals surface area contributed by atoms with E-state index in [1.54, 1.807) is 31.1 Å². The highest BCUT2D eigenvalue weighted by Crippen LogP contribution is 2.27. The Labute approximate surface area is 113 Å². The maximum absolute atomic E-state index is 12.2. The van der Waals surface area contributed by atoms with Crippen LogP contribution in [0.5, 0.6) is 0 Å². The second kappa shape index (κ2) is 5.48. The number of benzene rings is 1. The van der Waals surface area contributed by atoms with Gasteiger partial charge in [-0.05, 0) is 31.0 Å². The summed E-state index contributed by atoms with van der Waals surface area (Å²) in [7, 11) is 3.48. The van der Waals surface area contributed by atoms with Crippen LogP contribution in [0.15, 0.2) is 18.2 Å². The Kier molecular flexibility index (Phi) is 3.95. The highest BCUT2D eigenvalue weighted by Gasteiger charge is 2.22. The largest absolute Gasteiger partial charge is 0.399 e. The molecule has 1 aromatic carbocycles. The number of nitrogens with zero attached hydrogens (tertiary/aromatic N) is 2. The summed E-state index contributed by atoms with van der Waals surface area (Å²) in [4.78, 5) is 15.9. The zero-order valence-electron chi connectivity index (χ0n) is 11.5. The van der Waals surface area contributed by atoms with Crippen molar-refractivity contribution in [3.8, 4) is 0 Å². The van der Waals surface area contributed by atoms with Crippen molar-refractivity contribution in [2.24, 2.45) is 0 Å². The zero-order valence-corrected chi connectivity index (χ0v) is 11.5. The Bertz CT molecular complexity index is 466. The number of carbonyl (C=O) groups excluding carboxylic acids is 1. The maximum atomic E-state index is 12.2. The molecule has 1 saturated heterocycles. The lowest BCUT2D eigenvalue weighted by Crippen LogP contribution is -2.37. The number of piperidine rings is 1. The fourth-order valence-electron chi connectivity index (χ4n) is 2.34. The fraction of sp³-hybridized carbons (Fsp3) is 0.500. The molecule has 3 N–H and O–H groups in total. The molecule has 0 aliphatic carbocycles. The first-order valence-corrected chi connectivity index (χ1v) is 6.53. The van der Waals surface area contributed by atoms with E-state index in [9.17, 15) is 9.90 Å². The van der Waals surface area contributed by atoms with Gasteiger partial charge in [-0.25, -0.2) is 0 Å². The van der Waals surface area contributed by atoms with Crippen molar-refractivity contribution in [3.63, 3.8) is 0 Å². The number of rotatable bonds is 2. The van der Waals surface area contributed by atoms with Gasteiger partial charge in [-0.2, -0.15) is 0 Å². The smallest absolute Gasteiger partial charge is 0.255 e. The number of hydrogen-bond acceptors (Lipinski definition) is 4. The van der Waals surface area contributed by atoms with Gasteiger partial charge in [0.25, 0.3) is 5.91 Å². The molecule has 19 heavy (non-hydrogen) atoms. The summed E-state index contributed by atoms with van der Waals surface area (Å²) in [5, 5.41) is 9.57. The van der Waals surface area contributed by atoms with Crippen molar-refractivity contribution in [2.45, 2.75) is 18.9 Å². The van der Waals surface area contributed by atoms with Crippen LogP contribution in [0.3, 0.4) is 0 Å². The molecule has 0 radical (unpaired) electrons. The van der Waals surface area contributed by atoms with E-state index in [-0.39, 0.29) is 12.0 Å². The molecular weight excluding hydrogens is 242 g/mol. The van der Waals surface area contributed by atoms with Gasteiger partial charge >= 0.3 is 0 Å². The summed E-state index contributed by atoms with van der Waals surface area (Å²) in [6.45, 7) is 1.50. The number of hydrogen-bond donors (Lipinski definition) is 2. The Morgan fingerprint density at radius 2 is 2.00 bits per heavy atom. The average Bonchev–Trinajstić information content (AvgIpc) is 2.38. The van der Waals surface area contributed by atoms with Crippen LogP contribution in [0.2, 0.25) is 0 Å². The van der Waals surface area contributed by atoms with Crippen LogP contribution in [-0.2, 0) is 0 Å². The molecule has 1 aliphatic rings. The third kappa shape index (κ3) is 2.98. The topological polar surface area (TPSA) is 69.8 Å². The first-order chi connectivity index (χ1) is 8.99. The first kappa shape index (κ1) is 13.7. The molecule has 1 aromatic rings. The van der Waals surface area contributed by atoms with E-state index in [0.29, 0.717) is 11.3 Å². The molecular formula is C14H21N3O2. The van der Waals surface area contributed by atoms with Gasteiger partial charge in [0, 0.05) is 32.9 Å². The summed E-state index contributed by atoms with van der Waals surface area (Å²) in [6.07, 6.45) is 1.22. The lowest BCUT2D eigenvalue weighted by Gasteiger charge is -2.33. The van der Waals surface area contributed by atoms with E-state index < -0.39 is 0 Å². The van der Waals surface area contributed by atoms with Gasteiger partial charge in [0.1, 0.15) is 0 Å². The van der Waals surface area contributed by atoms with Crippen molar-refractivity contribution in [1.29, 1.82) is 0 Å². The standard InChI is InChI=1S/C14H21N3O2/c1-16(2)14(19)12-4-3-10(15)9-13(12)17-7-5-11(18)6-8-17/h3-4,9,11,18H,5-8,15H2,1-2H3. The van der Waals surface area contributed by atoms with Gasteiger partial charge in [-0.1, -0.05) is 0 Å². The van der Waals surface area contributed by atoms with Crippen LogP contribution in [-0.4, -0.2) is 49.2 Å². The minimum absolute atomic E-state index is 0.0267. The fourth-order valence-corrected chi connectivity index (χ4v) is 2.34. The number of anilines is 2. The summed E-state index contributed by atoms with van der Waals surface area (Å²) >= 11 is 0. The van der Waals surface area contributed by atoms with E-state index in [0.717, 1.165) is 31.6 Å². The van der Waals surface area contributed by atoms with Crippen molar-refractivity contribution < 1.29 is 9.90 Å². The highest BCUT2D eigenvalue weighted by molar-refractivity contribution is 6.00. The summed E-state index contributed by atoms with van der Waals surface area (Å²) in [5.41, 5.74) is 8.02. The Morgan fingerprint density at radius 3 is 2.58 bits per heavy atom.